The van der Waals surface area contributed by atoms with Crippen LogP contribution in [0.15, 0.2) is 24.3 Å². The minimum Gasteiger partial charge on any atom is -0.348 e. The number of likely N-dealkylation sites (N-methyl/N-ethyl adjacent to an activating group) is 1. The van der Waals surface area contributed by atoms with Crippen LogP contribution in [0.4, 0.5) is 4.79 Å². The minimum absolute atomic E-state index is 0.183. The van der Waals surface area contributed by atoms with Crippen LogP contribution in [-0.4, -0.2) is 46.8 Å². The van der Waals surface area contributed by atoms with Crippen molar-refractivity contribution >= 4 is 17.8 Å². The Kier molecular flexibility index (Phi) is 5.03. The highest BCUT2D eigenvalue weighted by molar-refractivity contribution is 6.08. The summed E-state index contributed by atoms with van der Waals surface area (Å²) in [6.07, 6.45) is 4.34. The number of nitrogens with zero attached hydrogens (tertiary/aromatic N) is 2. The zero-order valence-electron chi connectivity index (χ0n) is 15.7. The first kappa shape index (κ1) is 18.4. The maximum Gasteiger partial charge on any atom is 0.327 e. The summed E-state index contributed by atoms with van der Waals surface area (Å²) in [6, 6.07) is 7.38. The van der Waals surface area contributed by atoms with Crippen molar-refractivity contribution in [2.75, 3.05) is 13.6 Å². The van der Waals surface area contributed by atoms with Crippen LogP contribution in [0.1, 0.15) is 56.2 Å². The molecule has 140 valence electrons. The van der Waals surface area contributed by atoms with Gasteiger partial charge < -0.3 is 10.2 Å². The average Bonchev–Trinajstić information content (AvgIpc) is 2.79. The van der Waals surface area contributed by atoms with Gasteiger partial charge in [0, 0.05) is 7.05 Å². The Morgan fingerprint density at radius 3 is 2.38 bits per heavy atom. The third kappa shape index (κ3) is 3.20. The van der Waals surface area contributed by atoms with Gasteiger partial charge in [-0.2, -0.15) is 0 Å². The van der Waals surface area contributed by atoms with Crippen LogP contribution < -0.4 is 5.32 Å². The van der Waals surface area contributed by atoms with Gasteiger partial charge in [0.15, 0.2) is 0 Å². The van der Waals surface area contributed by atoms with Gasteiger partial charge in [0.25, 0.3) is 5.91 Å². The Bertz CT molecular complexity index is 708. The molecular formula is C20H27N3O3. The van der Waals surface area contributed by atoms with Crippen LogP contribution in [0.2, 0.25) is 0 Å². The number of rotatable bonds is 4. The largest absolute Gasteiger partial charge is 0.348 e. The summed E-state index contributed by atoms with van der Waals surface area (Å²) in [5.41, 5.74) is 1.41. The summed E-state index contributed by atoms with van der Waals surface area (Å²) in [7, 11) is 1.68. The monoisotopic (exact) mass is 357 g/mol. The van der Waals surface area contributed by atoms with Crippen LogP contribution in [0, 0.1) is 6.92 Å². The van der Waals surface area contributed by atoms with Crippen LogP contribution in [0.5, 0.6) is 0 Å². The molecule has 6 nitrogen and oxygen atoms in total. The van der Waals surface area contributed by atoms with E-state index in [1.54, 1.807) is 11.9 Å². The molecule has 1 N–H and O–H groups in total. The molecule has 1 aliphatic heterocycles. The first-order valence-electron chi connectivity index (χ1n) is 9.31. The quantitative estimate of drug-likeness (QED) is 0.843. The molecule has 3 rings (SSSR count). The molecule has 1 aromatic carbocycles. The molecule has 1 aromatic rings. The van der Waals surface area contributed by atoms with E-state index in [0.717, 1.165) is 35.3 Å². The smallest absolute Gasteiger partial charge is 0.327 e. The number of hydrogen-bond donors (Lipinski definition) is 1. The van der Waals surface area contributed by atoms with E-state index in [2.05, 4.69) is 5.32 Å². The van der Waals surface area contributed by atoms with Crippen molar-refractivity contribution in [3.05, 3.63) is 35.4 Å². The Balaban J connectivity index is 1.66. The Labute approximate surface area is 154 Å². The third-order valence-electron chi connectivity index (χ3n) is 5.74. The van der Waals surface area contributed by atoms with Gasteiger partial charge in [-0.25, -0.2) is 4.79 Å². The Morgan fingerprint density at radius 2 is 1.77 bits per heavy atom. The van der Waals surface area contributed by atoms with E-state index in [9.17, 15) is 14.4 Å². The van der Waals surface area contributed by atoms with Crippen LogP contribution in [0.3, 0.4) is 0 Å². The lowest BCUT2D eigenvalue weighted by atomic mass is 9.81. The molecule has 1 saturated carbocycles. The molecule has 1 unspecified atom stereocenters. The van der Waals surface area contributed by atoms with Gasteiger partial charge in [-0.15, -0.1) is 0 Å². The minimum atomic E-state index is -0.738. The van der Waals surface area contributed by atoms with E-state index in [0.29, 0.717) is 12.8 Å². The first-order chi connectivity index (χ1) is 12.3. The van der Waals surface area contributed by atoms with Crippen molar-refractivity contribution in [2.24, 2.45) is 0 Å². The summed E-state index contributed by atoms with van der Waals surface area (Å²) < 4.78 is 0. The summed E-state index contributed by atoms with van der Waals surface area (Å²) in [6.45, 7) is 3.68. The predicted octanol–water partition coefficient (Wildman–Crippen LogP) is 2.77. The third-order valence-corrected chi connectivity index (χ3v) is 5.74. The average molecular weight is 357 g/mol. The molecule has 2 aliphatic rings. The number of nitrogens with one attached hydrogen (secondary N) is 1. The van der Waals surface area contributed by atoms with Crippen LogP contribution in [0.25, 0.3) is 0 Å². The highest BCUT2D eigenvalue weighted by Gasteiger charge is 2.55. The van der Waals surface area contributed by atoms with Crippen molar-refractivity contribution in [1.29, 1.82) is 0 Å². The molecule has 0 aromatic heterocycles. The lowest BCUT2D eigenvalue weighted by molar-refractivity contribution is -0.137. The number of carbonyl (C=O) groups excluding carboxylic acids is 3. The van der Waals surface area contributed by atoms with E-state index >= 15 is 0 Å². The molecule has 1 saturated heterocycles. The molecule has 1 spiro atoms. The second-order valence-electron chi connectivity index (χ2n) is 7.53. The maximum absolute atomic E-state index is 12.9. The fourth-order valence-corrected chi connectivity index (χ4v) is 4.04. The van der Waals surface area contributed by atoms with Gasteiger partial charge in [-0.1, -0.05) is 49.1 Å². The number of imide groups is 1. The normalized spacial score (nSPS) is 20.6. The van der Waals surface area contributed by atoms with E-state index < -0.39 is 5.54 Å². The van der Waals surface area contributed by atoms with Gasteiger partial charge in [-0.3, -0.25) is 14.5 Å². The second-order valence-corrected chi connectivity index (χ2v) is 7.53. The van der Waals surface area contributed by atoms with E-state index in [4.69, 9.17) is 0 Å². The van der Waals surface area contributed by atoms with Crippen LogP contribution in [-0.2, 0) is 9.59 Å². The molecule has 26 heavy (non-hydrogen) atoms. The zero-order chi connectivity index (χ0) is 18.9. The molecule has 6 heteroatoms. The van der Waals surface area contributed by atoms with Crippen molar-refractivity contribution in [2.45, 2.75) is 57.5 Å². The van der Waals surface area contributed by atoms with Gasteiger partial charge in [-0.05, 0) is 32.3 Å². The fourth-order valence-electron chi connectivity index (χ4n) is 4.04. The van der Waals surface area contributed by atoms with Gasteiger partial charge in [0.2, 0.25) is 5.91 Å². The lowest BCUT2D eigenvalue weighted by Gasteiger charge is -2.35. The zero-order valence-corrected chi connectivity index (χ0v) is 15.7. The molecule has 1 aliphatic carbocycles. The number of benzene rings is 1. The van der Waals surface area contributed by atoms with Crippen LogP contribution >= 0.6 is 0 Å². The number of urea groups is 1. The number of carbonyl (C=O) groups is 3. The van der Waals surface area contributed by atoms with E-state index in [-0.39, 0.29) is 30.4 Å². The second kappa shape index (κ2) is 7.09. The van der Waals surface area contributed by atoms with Gasteiger partial charge >= 0.3 is 6.03 Å². The SMILES string of the molecule is Cc1ccc(C(C)NC(=O)CN2C(=O)N(C)C3(CCCCC3)C2=O)cc1. The summed E-state index contributed by atoms with van der Waals surface area (Å²) in [5, 5.41) is 2.89. The van der Waals surface area contributed by atoms with Crippen molar-refractivity contribution < 1.29 is 14.4 Å². The van der Waals surface area contributed by atoms with E-state index in [1.165, 1.54) is 0 Å². The molecule has 1 heterocycles. The molecule has 2 fully saturated rings. The highest BCUT2D eigenvalue weighted by atomic mass is 16.2. The Hall–Kier alpha value is -2.37. The molecule has 0 bridgehead atoms. The highest BCUT2D eigenvalue weighted by Crippen LogP contribution is 2.39. The molecule has 0 radical (unpaired) electrons. The summed E-state index contributed by atoms with van der Waals surface area (Å²) in [4.78, 5) is 40.6. The fraction of sp³-hybridized carbons (Fsp3) is 0.550. The van der Waals surface area contributed by atoms with Crippen molar-refractivity contribution in [3.8, 4) is 0 Å². The summed E-state index contributed by atoms with van der Waals surface area (Å²) in [5.74, 6) is -0.538. The number of hydrogen-bond acceptors (Lipinski definition) is 3. The molecular weight excluding hydrogens is 330 g/mol. The number of amides is 4. The first-order valence-corrected chi connectivity index (χ1v) is 9.31. The lowest BCUT2D eigenvalue weighted by Crippen LogP contribution is -2.49. The van der Waals surface area contributed by atoms with Crippen molar-refractivity contribution in [1.82, 2.24) is 15.1 Å². The predicted molar refractivity (Wildman–Crippen MR) is 98.4 cm³/mol. The molecule has 1 atom stereocenters. The van der Waals surface area contributed by atoms with Crippen molar-refractivity contribution in [3.63, 3.8) is 0 Å². The maximum atomic E-state index is 12.9. The number of aryl methyl sites for hydroxylation is 1. The van der Waals surface area contributed by atoms with E-state index in [1.807, 2.05) is 38.1 Å². The summed E-state index contributed by atoms with van der Waals surface area (Å²) >= 11 is 0. The standard InChI is InChI=1S/C20H27N3O3/c1-14-7-9-16(10-8-14)15(2)21-17(24)13-23-18(25)20(22(3)19(23)26)11-5-4-6-12-20/h7-10,15H,4-6,11-13H2,1-3H3,(H,21,24). The van der Waals surface area contributed by atoms with Gasteiger partial charge in [0.05, 0.1) is 6.04 Å². The molecule has 4 amide bonds. The van der Waals surface area contributed by atoms with Gasteiger partial charge in [0.1, 0.15) is 12.1 Å². The topological polar surface area (TPSA) is 69.7 Å². The Morgan fingerprint density at radius 1 is 1.15 bits per heavy atom.